The number of aliphatic hydroxyl groups excluding tert-OH is 1. The first-order valence-electron chi connectivity index (χ1n) is 5.71. The van der Waals surface area contributed by atoms with Crippen LogP contribution in [0.25, 0.3) is 0 Å². The lowest BCUT2D eigenvalue weighted by Crippen LogP contribution is -2.48. The van der Waals surface area contributed by atoms with Crippen LogP contribution in [0.15, 0.2) is 24.5 Å². The maximum absolute atomic E-state index is 9.23. The summed E-state index contributed by atoms with van der Waals surface area (Å²) >= 11 is 0. The van der Waals surface area contributed by atoms with Gasteiger partial charge in [-0.1, -0.05) is 0 Å². The van der Waals surface area contributed by atoms with Gasteiger partial charge in [0.15, 0.2) is 0 Å². The summed E-state index contributed by atoms with van der Waals surface area (Å²) in [5.74, 6) is 0. The summed E-state index contributed by atoms with van der Waals surface area (Å²) in [4.78, 5) is 6.29. The summed E-state index contributed by atoms with van der Waals surface area (Å²) in [7, 11) is 0. The molecule has 1 aliphatic rings. The van der Waals surface area contributed by atoms with Gasteiger partial charge >= 0.3 is 0 Å². The maximum atomic E-state index is 9.23. The minimum Gasteiger partial charge on any atom is -0.395 e. The molecule has 1 unspecified atom stereocenters. The zero-order valence-corrected chi connectivity index (χ0v) is 9.38. The molecule has 1 aliphatic heterocycles. The van der Waals surface area contributed by atoms with Crippen molar-refractivity contribution < 1.29 is 9.84 Å². The van der Waals surface area contributed by atoms with Crippen LogP contribution in [0.3, 0.4) is 0 Å². The summed E-state index contributed by atoms with van der Waals surface area (Å²) in [5.41, 5.74) is 1.29. The van der Waals surface area contributed by atoms with Crippen LogP contribution in [0, 0.1) is 0 Å². The molecular formula is C12H18N2O2. The van der Waals surface area contributed by atoms with E-state index in [1.807, 2.05) is 24.5 Å². The fraction of sp³-hybridized carbons (Fsp3) is 0.583. The Balaban J connectivity index is 1.84. The quantitative estimate of drug-likeness (QED) is 0.797. The van der Waals surface area contributed by atoms with Gasteiger partial charge in [-0.05, 0) is 24.1 Å². The Hall–Kier alpha value is -0.970. The molecule has 88 valence electrons. The first kappa shape index (κ1) is 11.5. The first-order valence-corrected chi connectivity index (χ1v) is 5.71. The number of nitrogens with zero attached hydrogens (tertiary/aromatic N) is 2. The number of hydrogen-bond donors (Lipinski definition) is 1. The van der Waals surface area contributed by atoms with E-state index >= 15 is 0 Å². The van der Waals surface area contributed by atoms with E-state index in [0.717, 1.165) is 26.1 Å². The van der Waals surface area contributed by atoms with Crippen molar-refractivity contribution in [3.63, 3.8) is 0 Å². The van der Waals surface area contributed by atoms with Crippen LogP contribution in [-0.2, 0) is 11.2 Å². The van der Waals surface area contributed by atoms with Crippen LogP contribution in [-0.4, -0.2) is 53.9 Å². The fourth-order valence-electron chi connectivity index (χ4n) is 1.97. The van der Waals surface area contributed by atoms with E-state index < -0.39 is 0 Å². The van der Waals surface area contributed by atoms with Gasteiger partial charge in [-0.15, -0.1) is 0 Å². The molecule has 0 radical (unpaired) electrons. The van der Waals surface area contributed by atoms with E-state index in [4.69, 9.17) is 4.74 Å². The molecular weight excluding hydrogens is 204 g/mol. The average Bonchev–Trinajstić information content (AvgIpc) is 2.38. The average molecular weight is 222 g/mol. The van der Waals surface area contributed by atoms with Crippen LogP contribution in [0.2, 0.25) is 0 Å². The van der Waals surface area contributed by atoms with Crippen molar-refractivity contribution in [3.8, 4) is 0 Å². The highest BCUT2D eigenvalue weighted by molar-refractivity contribution is 5.10. The van der Waals surface area contributed by atoms with Gasteiger partial charge in [0.05, 0.1) is 25.9 Å². The molecule has 16 heavy (non-hydrogen) atoms. The number of ether oxygens (including phenoxy) is 1. The molecule has 0 aromatic carbocycles. The number of pyridine rings is 1. The highest BCUT2D eigenvalue weighted by Gasteiger charge is 2.21. The third-order valence-corrected chi connectivity index (χ3v) is 3.00. The monoisotopic (exact) mass is 222 g/mol. The minimum absolute atomic E-state index is 0.163. The Morgan fingerprint density at radius 2 is 2.25 bits per heavy atom. The van der Waals surface area contributed by atoms with Gasteiger partial charge in [0.2, 0.25) is 0 Å². The number of rotatable bonds is 4. The van der Waals surface area contributed by atoms with Gasteiger partial charge in [0, 0.05) is 25.5 Å². The zero-order chi connectivity index (χ0) is 11.2. The van der Waals surface area contributed by atoms with E-state index in [1.54, 1.807) is 0 Å². The third kappa shape index (κ3) is 3.01. The lowest BCUT2D eigenvalue weighted by Gasteiger charge is -2.34. The second kappa shape index (κ2) is 5.94. The van der Waals surface area contributed by atoms with Gasteiger partial charge in [-0.25, -0.2) is 0 Å². The topological polar surface area (TPSA) is 45.6 Å². The summed E-state index contributed by atoms with van der Waals surface area (Å²) < 4.78 is 5.34. The van der Waals surface area contributed by atoms with Crippen LogP contribution < -0.4 is 0 Å². The molecule has 0 bridgehead atoms. The Morgan fingerprint density at radius 3 is 3.00 bits per heavy atom. The van der Waals surface area contributed by atoms with E-state index in [1.165, 1.54) is 5.56 Å². The van der Waals surface area contributed by atoms with E-state index in [2.05, 4.69) is 9.88 Å². The molecule has 2 heterocycles. The molecule has 0 spiro atoms. The van der Waals surface area contributed by atoms with Gasteiger partial charge in [0.1, 0.15) is 0 Å². The Labute approximate surface area is 95.9 Å². The summed E-state index contributed by atoms with van der Waals surface area (Å²) in [6, 6.07) is 4.23. The predicted octanol–water partition coefficient (Wildman–Crippen LogP) is 0.317. The highest BCUT2D eigenvalue weighted by atomic mass is 16.5. The molecule has 1 fully saturated rings. The van der Waals surface area contributed by atoms with Crippen LogP contribution in [0.4, 0.5) is 0 Å². The van der Waals surface area contributed by atoms with Crippen LogP contribution in [0.5, 0.6) is 0 Å². The van der Waals surface area contributed by atoms with E-state index in [-0.39, 0.29) is 12.6 Å². The zero-order valence-electron chi connectivity index (χ0n) is 9.38. The summed E-state index contributed by atoms with van der Waals surface area (Å²) in [6.07, 6.45) is 4.63. The molecule has 0 amide bonds. The third-order valence-electron chi connectivity index (χ3n) is 3.00. The van der Waals surface area contributed by atoms with Crippen LogP contribution >= 0.6 is 0 Å². The Bertz CT molecular complexity index is 305. The van der Waals surface area contributed by atoms with Crippen LogP contribution in [0.1, 0.15) is 5.56 Å². The van der Waals surface area contributed by atoms with Crippen molar-refractivity contribution in [3.05, 3.63) is 30.1 Å². The molecule has 1 atom stereocenters. The van der Waals surface area contributed by atoms with Crippen molar-refractivity contribution in [1.29, 1.82) is 0 Å². The molecule has 4 nitrogen and oxygen atoms in total. The molecule has 0 aliphatic carbocycles. The van der Waals surface area contributed by atoms with Gasteiger partial charge in [-0.2, -0.15) is 0 Å². The number of aromatic nitrogens is 1. The van der Waals surface area contributed by atoms with Gasteiger partial charge in [0.25, 0.3) is 0 Å². The van der Waals surface area contributed by atoms with Crippen molar-refractivity contribution in [2.24, 2.45) is 0 Å². The normalized spacial score (nSPS) is 22.2. The lowest BCUT2D eigenvalue weighted by molar-refractivity contribution is -0.0267. The minimum atomic E-state index is 0.163. The highest BCUT2D eigenvalue weighted by Crippen LogP contribution is 2.08. The smallest absolute Gasteiger partial charge is 0.0644 e. The maximum Gasteiger partial charge on any atom is 0.0644 e. The SMILES string of the molecule is OCC1COCCN1CCc1ccncc1. The second-order valence-corrected chi connectivity index (χ2v) is 4.05. The van der Waals surface area contributed by atoms with Crippen molar-refractivity contribution >= 4 is 0 Å². The lowest BCUT2D eigenvalue weighted by atomic mass is 10.1. The molecule has 1 aromatic rings. The largest absolute Gasteiger partial charge is 0.395 e. The van der Waals surface area contributed by atoms with E-state index in [9.17, 15) is 5.11 Å². The Morgan fingerprint density at radius 1 is 1.44 bits per heavy atom. The predicted molar refractivity (Wildman–Crippen MR) is 61.2 cm³/mol. The molecule has 1 saturated heterocycles. The van der Waals surface area contributed by atoms with E-state index in [0.29, 0.717) is 6.61 Å². The number of morpholine rings is 1. The molecule has 1 N–H and O–H groups in total. The van der Waals surface area contributed by atoms with Crippen molar-refractivity contribution in [1.82, 2.24) is 9.88 Å². The van der Waals surface area contributed by atoms with Crippen molar-refractivity contribution in [2.75, 3.05) is 32.9 Å². The van der Waals surface area contributed by atoms with Crippen molar-refractivity contribution in [2.45, 2.75) is 12.5 Å². The molecule has 0 saturated carbocycles. The number of aliphatic hydroxyl groups is 1. The summed E-state index contributed by atoms with van der Waals surface area (Å²) in [6.45, 7) is 3.48. The van der Waals surface area contributed by atoms with Gasteiger partial charge < -0.3 is 9.84 Å². The number of hydrogen-bond acceptors (Lipinski definition) is 4. The second-order valence-electron chi connectivity index (χ2n) is 4.05. The Kier molecular flexibility index (Phi) is 4.27. The molecule has 4 heteroatoms. The molecule has 2 rings (SSSR count). The summed E-state index contributed by atoms with van der Waals surface area (Å²) in [5, 5.41) is 9.23. The van der Waals surface area contributed by atoms with Gasteiger partial charge in [-0.3, -0.25) is 9.88 Å². The standard InChI is InChI=1S/C12H18N2O2/c15-9-12-10-16-8-7-14(12)6-3-11-1-4-13-5-2-11/h1-2,4-5,12,15H,3,6-10H2. The molecule has 1 aromatic heterocycles. The fourth-order valence-corrected chi connectivity index (χ4v) is 1.97. The first-order chi connectivity index (χ1) is 7.90.